The van der Waals surface area contributed by atoms with Gasteiger partial charge in [0.2, 0.25) is 0 Å². The first-order valence-electron chi connectivity index (χ1n) is 6.40. The van der Waals surface area contributed by atoms with Gasteiger partial charge in [0.05, 0.1) is 0 Å². The average Bonchev–Trinajstić information content (AvgIpc) is 2.31. The number of hydrogen-bond donors (Lipinski definition) is 2. The number of ether oxygens (including phenoxy) is 1. The highest BCUT2D eigenvalue weighted by Crippen LogP contribution is 2.17. The molecule has 0 heterocycles. The number of phenols is 1. The van der Waals surface area contributed by atoms with Gasteiger partial charge < -0.3 is 15.2 Å². The second-order valence-corrected chi connectivity index (χ2v) is 5.33. The zero-order valence-electron chi connectivity index (χ0n) is 11.9. The average molecular weight is 281 g/mol. The van der Waals surface area contributed by atoms with Crippen LogP contribution in [0.1, 0.15) is 32.8 Å². The minimum absolute atomic E-state index is 0.376. The lowest BCUT2D eigenvalue weighted by Crippen LogP contribution is -2.32. The third-order valence-electron chi connectivity index (χ3n) is 2.26. The number of phenolic OH excluding ortho intramolecular Hbond substituents is 1. The van der Waals surface area contributed by atoms with Crippen molar-refractivity contribution in [2.24, 2.45) is 0 Å². The molecule has 1 aromatic carbocycles. The summed E-state index contributed by atoms with van der Waals surface area (Å²) in [5.41, 5.74) is 0.187. The Morgan fingerprint density at radius 3 is 2.75 bits per heavy atom. The molecule has 5 heteroatoms. The van der Waals surface area contributed by atoms with Crippen LogP contribution in [0.5, 0.6) is 5.75 Å². The first kappa shape index (κ1) is 16.0. The second kappa shape index (κ2) is 6.93. The molecule has 1 rings (SSSR count). The Labute approximate surface area is 118 Å². The van der Waals surface area contributed by atoms with Crippen LogP contribution in [-0.2, 0) is 4.74 Å². The lowest BCUT2D eigenvalue weighted by molar-refractivity contribution is 0.0529. The summed E-state index contributed by atoms with van der Waals surface area (Å²) in [6.45, 7) is 5.84. The summed E-state index contributed by atoms with van der Waals surface area (Å²) >= 11 is 0. The number of hydrogen-bond acceptors (Lipinski definition) is 3. The van der Waals surface area contributed by atoms with Crippen molar-refractivity contribution in [3.05, 3.63) is 35.7 Å². The van der Waals surface area contributed by atoms with Crippen molar-refractivity contribution in [1.29, 1.82) is 0 Å². The molecule has 0 spiro atoms. The molecule has 0 saturated carbocycles. The van der Waals surface area contributed by atoms with E-state index in [4.69, 9.17) is 4.74 Å². The molecule has 0 aliphatic carbocycles. The summed E-state index contributed by atoms with van der Waals surface area (Å²) in [5, 5.41) is 11.8. The number of alkyl carbamates (subject to hydrolysis) is 1. The van der Waals surface area contributed by atoms with Crippen LogP contribution in [0.25, 0.3) is 6.08 Å². The first-order valence-corrected chi connectivity index (χ1v) is 6.40. The highest BCUT2D eigenvalue weighted by atomic mass is 19.1. The van der Waals surface area contributed by atoms with Gasteiger partial charge in [0.25, 0.3) is 0 Å². The van der Waals surface area contributed by atoms with E-state index in [1.165, 1.54) is 12.1 Å². The van der Waals surface area contributed by atoms with E-state index in [9.17, 15) is 14.3 Å². The molecular weight excluding hydrogens is 261 g/mol. The van der Waals surface area contributed by atoms with Crippen molar-refractivity contribution >= 4 is 12.2 Å². The molecule has 1 amide bonds. The Balaban J connectivity index is 2.32. The van der Waals surface area contributed by atoms with Gasteiger partial charge >= 0.3 is 6.09 Å². The van der Waals surface area contributed by atoms with Crippen LogP contribution < -0.4 is 5.32 Å². The van der Waals surface area contributed by atoms with Crippen LogP contribution in [0.3, 0.4) is 0 Å². The van der Waals surface area contributed by atoms with Gasteiger partial charge in [-0.15, -0.1) is 0 Å². The number of carbonyl (C=O) groups is 1. The molecule has 0 bridgehead atoms. The number of halogens is 1. The van der Waals surface area contributed by atoms with Crippen LogP contribution in [-0.4, -0.2) is 23.3 Å². The van der Waals surface area contributed by atoms with Crippen molar-refractivity contribution in [2.75, 3.05) is 6.54 Å². The number of amides is 1. The number of carbonyl (C=O) groups excluding carboxylic acids is 1. The quantitative estimate of drug-likeness (QED) is 0.831. The van der Waals surface area contributed by atoms with Gasteiger partial charge in [0, 0.05) is 6.54 Å². The largest absolute Gasteiger partial charge is 0.505 e. The van der Waals surface area contributed by atoms with Crippen molar-refractivity contribution in [3.8, 4) is 5.75 Å². The summed E-state index contributed by atoms with van der Waals surface area (Å²) in [5.74, 6) is -1.02. The van der Waals surface area contributed by atoms with E-state index in [2.05, 4.69) is 5.32 Å². The van der Waals surface area contributed by atoms with E-state index in [1.54, 1.807) is 32.9 Å². The SMILES string of the molecule is CC(C)(C)OC(=O)NCCC=Cc1ccc(F)c(O)c1. The molecule has 0 saturated heterocycles. The summed E-state index contributed by atoms with van der Waals surface area (Å²) in [4.78, 5) is 11.3. The normalized spacial score (nSPS) is 11.6. The Hall–Kier alpha value is -2.04. The third kappa shape index (κ3) is 6.22. The molecule has 20 heavy (non-hydrogen) atoms. The summed E-state index contributed by atoms with van der Waals surface area (Å²) < 4.78 is 17.9. The Kier molecular flexibility index (Phi) is 5.55. The lowest BCUT2D eigenvalue weighted by Gasteiger charge is -2.19. The highest BCUT2D eigenvalue weighted by Gasteiger charge is 2.15. The Morgan fingerprint density at radius 1 is 1.45 bits per heavy atom. The molecule has 0 radical (unpaired) electrons. The van der Waals surface area contributed by atoms with E-state index in [0.717, 1.165) is 0 Å². The first-order chi connectivity index (χ1) is 9.28. The van der Waals surface area contributed by atoms with Gasteiger partial charge in [0.1, 0.15) is 5.60 Å². The summed E-state index contributed by atoms with van der Waals surface area (Å²) in [7, 11) is 0. The van der Waals surface area contributed by atoms with E-state index in [-0.39, 0.29) is 5.75 Å². The van der Waals surface area contributed by atoms with Crippen molar-refractivity contribution < 1.29 is 19.0 Å². The molecule has 1 aromatic rings. The summed E-state index contributed by atoms with van der Waals surface area (Å²) in [6.07, 6.45) is 3.72. The smallest absolute Gasteiger partial charge is 0.407 e. The fourth-order valence-corrected chi connectivity index (χ4v) is 1.42. The lowest BCUT2D eigenvalue weighted by atomic mass is 10.2. The maximum Gasteiger partial charge on any atom is 0.407 e. The molecule has 0 aliphatic rings. The third-order valence-corrected chi connectivity index (χ3v) is 2.26. The molecule has 4 nitrogen and oxygen atoms in total. The van der Waals surface area contributed by atoms with Crippen molar-refractivity contribution in [3.63, 3.8) is 0 Å². The Morgan fingerprint density at radius 2 is 2.15 bits per heavy atom. The minimum Gasteiger partial charge on any atom is -0.505 e. The number of rotatable bonds is 4. The van der Waals surface area contributed by atoms with E-state index in [0.29, 0.717) is 18.5 Å². The van der Waals surface area contributed by atoms with Crippen molar-refractivity contribution in [1.82, 2.24) is 5.32 Å². The van der Waals surface area contributed by atoms with Crippen LogP contribution >= 0.6 is 0 Å². The molecule has 0 fully saturated rings. The molecule has 0 aromatic heterocycles. The van der Waals surface area contributed by atoms with E-state index >= 15 is 0 Å². The fraction of sp³-hybridized carbons (Fsp3) is 0.400. The predicted molar refractivity (Wildman–Crippen MR) is 76.0 cm³/mol. The van der Waals surface area contributed by atoms with Gasteiger partial charge in [-0.1, -0.05) is 18.2 Å². The van der Waals surface area contributed by atoms with E-state index < -0.39 is 17.5 Å². The molecular formula is C15H20FNO3. The van der Waals surface area contributed by atoms with Gasteiger partial charge in [-0.05, 0) is 44.9 Å². The standard InChI is InChI=1S/C15H20FNO3/c1-15(2,3)20-14(19)17-9-5-4-6-11-7-8-12(16)13(18)10-11/h4,6-8,10,18H,5,9H2,1-3H3,(H,17,19). The summed E-state index contributed by atoms with van der Waals surface area (Å²) in [6, 6.07) is 4.11. The van der Waals surface area contributed by atoms with Crippen LogP contribution in [0.4, 0.5) is 9.18 Å². The molecule has 0 atom stereocenters. The maximum atomic E-state index is 12.8. The monoisotopic (exact) mass is 281 g/mol. The second-order valence-electron chi connectivity index (χ2n) is 5.33. The number of nitrogens with one attached hydrogen (secondary N) is 1. The molecule has 0 unspecified atom stereocenters. The van der Waals surface area contributed by atoms with Crippen molar-refractivity contribution in [2.45, 2.75) is 32.8 Å². The van der Waals surface area contributed by atoms with E-state index in [1.807, 2.05) is 6.08 Å². The molecule has 0 aliphatic heterocycles. The van der Waals surface area contributed by atoms with Crippen LogP contribution in [0.2, 0.25) is 0 Å². The van der Waals surface area contributed by atoms with Crippen LogP contribution in [0, 0.1) is 5.82 Å². The van der Waals surface area contributed by atoms with Crippen LogP contribution in [0.15, 0.2) is 24.3 Å². The zero-order chi connectivity index (χ0) is 15.2. The topological polar surface area (TPSA) is 58.6 Å². The predicted octanol–water partition coefficient (Wildman–Crippen LogP) is 3.46. The number of benzene rings is 1. The van der Waals surface area contributed by atoms with Gasteiger partial charge in [-0.25, -0.2) is 9.18 Å². The highest BCUT2D eigenvalue weighted by molar-refractivity contribution is 5.67. The zero-order valence-corrected chi connectivity index (χ0v) is 11.9. The number of aromatic hydroxyl groups is 1. The maximum absolute atomic E-state index is 12.8. The molecule has 110 valence electrons. The molecule has 2 N–H and O–H groups in total. The van der Waals surface area contributed by atoms with Gasteiger partial charge in [0.15, 0.2) is 11.6 Å². The van der Waals surface area contributed by atoms with Gasteiger partial charge in [-0.3, -0.25) is 0 Å². The fourth-order valence-electron chi connectivity index (χ4n) is 1.42. The minimum atomic E-state index is -0.645. The van der Waals surface area contributed by atoms with Gasteiger partial charge in [-0.2, -0.15) is 0 Å². The Bertz CT molecular complexity index is 492.